The van der Waals surface area contributed by atoms with Gasteiger partial charge in [-0.05, 0) is 47.2 Å². The van der Waals surface area contributed by atoms with Crippen molar-refractivity contribution in [3.05, 3.63) is 93.5 Å². The molecule has 3 N–H and O–H groups in total. The molecule has 0 aliphatic heterocycles. The predicted molar refractivity (Wildman–Crippen MR) is 136 cm³/mol. The Morgan fingerprint density at radius 1 is 0.943 bits per heavy atom. The molecule has 0 saturated heterocycles. The van der Waals surface area contributed by atoms with E-state index in [4.69, 9.17) is 23.2 Å². The smallest absolute Gasteiger partial charge is 0.315 e. The van der Waals surface area contributed by atoms with E-state index in [1.54, 1.807) is 12.1 Å². The summed E-state index contributed by atoms with van der Waals surface area (Å²) in [6.07, 6.45) is 1.30. The molecule has 0 aromatic heterocycles. The van der Waals surface area contributed by atoms with Gasteiger partial charge in [0, 0.05) is 13.0 Å². The summed E-state index contributed by atoms with van der Waals surface area (Å²) in [6.45, 7) is -0.210. The van der Waals surface area contributed by atoms with Gasteiger partial charge in [0.1, 0.15) is 0 Å². The number of ketones is 1. The van der Waals surface area contributed by atoms with Crippen molar-refractivity contribution in [2.75, 3.05) is 6.54 Å². The van der Waals surface area contributed by atoms with Crippen molar-refractivity contribution < 1.29 is 19.5 Å². The van der Waals surface area contributed by atoms with Crippen molar-refractivity contribution in [3.63, 3.8) is 0 Å². The lowest BCUT2D eigenvalue weighted by Gasteiger charge is -2.17. The summed E-state index contributed by atoms with van der Waals surface area (Å²) in [6, 6.07) is 20.0. The highest BCUT2D eigenvalue weighted by atomic mass is 35.5. The SMILES string of the molecule is O=C(NCC(CC(=O)c1c(Cl)cc(-c2ccccc2)cc1Cl)C(=O)O)NC1CCc2ccccc21. The van der Waals surface area contributed by atoms with Crippen molar-refractivity contribution >= 4 is 41.0 Å². The van der Waals surface area contributed by atoms with E-state index in [1.807, 2.05) is 54.6 Å². The molecule has 0 bridgehead atoms. The van der Waals surface area contributed by atoms with Crippen LogP contribution in [0.1, 0.15) is 40.4 Å². The molecule has 0 heterocycles. The molecule has 2 atom stereocenters. The van der Waals surface area contributed by atoms with Gasteiger partial charge < -0.3 is 15.7 Å². The van der Waals surface area contributed by atoms with Crippen LogP contribution in [-0.2, 0) is 11.2 Å². The van der Waals surface area contributed by atoms with Crippen LogP contribution in [0, 0.1) is 5.92 Å². The predicted octanol–water partition coefficient (Wildman–Crippen LogP) is 5.92. The number of hydrogen-bond acceptors (Lipinski definition) is 3. The summed E-state index contributed by atoms with van der Waals surface area (Å²) < 4.78 is 0. The second kappa shape index (κ2) is 10.9. The third-order valence-electron chi connectivity index (χ3n) is 6.16. The zero-order valence-electron chi connectivity index (χ0n) is 18.8. The van der Waals surface area contributed by atoms with Crippen molar-refractivity contribution in [1.82, 2.24) is 10.6 Å². The number of urea groups is 1. The normalized spacial score (nSPS) is 15.2. The molecule has 0 fully saturated rings. The molecule has 3 aromatic carbocycles. The minimum Gasteiger partial charge on any atom is -0.481 e. The first-order chi connectivity index (χ1) is 16.8. The van der Waals surface area contributed by atoms with Crippen molar-refractivity contribution in [1.29, 1.82) is 0 Å². The Morgan fingerprint density at radius 3 is 2.29 bits per heavy atom. The van der Waals surface area contributed by atoms with Crippen LogP contribution in [0.3, 0.4) is 0 Å². The minimum absolute atomic E-state index is 0.0753. The number of nitrogens with one attached hydrogen (secondary N) is 2. The van der Waals surface area contributed by atoms with Crippen LogP contribution in [0.4, 0.5) is 4.79 Å². The first-order valence-corrected chi connectivity index (χ1v) is 12.0. The molecule has 2 amide bonds. The third kappa shape index (κ3) is 5.84. The zero-order valence-corrected chi connectivity index (χ0v) is 20.3. The molecule has 0 spiro atoms. The van der Waals surface area contributed by atoms with Crippen molar-refractivity contribution in [2.24, 2.45) is 5.92 Å². The zero-order chi connectivity index (χ0) is 24.9. The fraction of sp³-hybridized carbons (Fsp3) is 0.222. The number of carbonyl (C=O) groups is 3. The van der Waals surface area contributed by atoms with Gasteiger partial charge in [-0.25, -0.2) is 4.79 Å². The highest BCUT2D eigenvalue weighted by Crippen LogP contribution is 2.33. The minimum atomic E-state index is -1.20. The Balaban J connectivity index is 1.39. The van der Waals surface area contributed by atoms with Gasteiger partial charge in [-0.15, -0.1) is 0 Å². The van der Waals surface area contributed by atoms with Crippen LogP contribution < -0.4 is 10.6 Å². The monoisotopic (exact) mass is 510 g/mol. The van der Waals surface area contributed by atoms with Gasteiger partial charge in [0.05, 0.1) is 27.6 Å². The lowest BCUT2D eigenvalue weighted by molar-refractivity contribution is -0.141. The number of carboxylic acids is 1. The Kier molecular flexibility index (Phi) is 7.73. The van der Waals surface area contributed by atoms with E-state index in [9.17, 15) is 19.5 Å². The summed E-state index contributed by atoms with van der Waals surface area (Å²) in [5, 5.41) is 15.4. The average molecular weight is 511 g/mol. The number of hydrogen-bond donors (Lipinski definition) is 3. The first-order valence-electron chi connectivity index (χ1n) is 11.3. The Labute approximate surface area is 213 Å². The molecule has 3 aromatic rings. The summed E-state index contributed by atoms with van der Waals surface area (Å²) in [5.41, 5.74) is 3.97. The Hall–Kier alpha value is -3.35. The second-order valence-corrected chi connectivity index (χ2v) is 9.30. The number of rotatable bonds is 8. The fourth-order valence-corrected chi connectivity index (χ4v) is 5.04. The molecule has 0 radical (unpaired) electrons. The van der Waals surface area contributed by atoms with Crippen molar-refractivity contribution in [2.45, 2.75) is 25.3 Å². The number of benzene rings is 3. The largest absolute Gasteiger partial charge is 0.481 e. The van der Waals surface area contributed by atoms with Crippen molar-refractivity contribution in [3.8, 4) is 11.1 Å². The number of carboxylic acid groups (broad SMARTS) is 1. The maximum atomic E-state index is 12.9. The summed E-state index contributed by atoms with van der Waals surface area (Å²) in [4.78, 5) is 37.2. The Bertz CT molecular complexity index is 1240. The van der Waals surface area contributed by atoms with Gasteiger partial charge in [0.25, 0.3) is 0 Å². The van der Waals surface area contributed by atoms with Crippen LogP contribution in [0.25, 0.3) is 11.1 Å². The molecule has 4 rings (SSSR count). The summed E-state index contributed by atoms with van der Waals surface area (Å²) in [7, 11) is 0. The molecule has 0 saturated carbocycles. The van der Waals surface area contributed by atoms with Crippen LogP contribution in [0.15, 0.2) is 66.7 Å². The van der Waals surface area contributed by atoms with E-state index in [1.165, 1.54) is 5.56 Å². The molecule has 1 aliphatic carbocycles. The van der Waals surface area contributed by atoms with Crippen LogP contribution in [-0.4, -0.2) is 29.4 Å². The molecular weight excluding hydrogens is 487 g/mol. The van der Waals surface area contributed by atoms with E-state index >= 15 is 0 Å². The maximum Gasteiger partial charge on any atom is 0.315 e. The average Bonchev–Trinajstić information content (AvgIpc) is 3.24. The molecule has 2 unspecified atom stereocenters. The highest BCUT2D eigenvalue weighted by molar-refractivity contribution is 6.40. The Morgan fingerprint density at radius 2 is 1.60 bits per heavy atom. The molecular formula is C27H24Cl2N2O4. The number of Topliss-reactive ketones (excluding diaryl/α,β-unsaturated/α-hetero) is 1. The number of halogens is 2. The van der Waals surface area contributed by atoms with Gasteiger partial charge in [0.15, 0.2) is 5.78 Å². The van der Waals surface area contributed by atoms with E-state index in [-0.39, 0.29) is 34.6 Å². The van der Waals surface area contributed by atoms with Gasteiger partial charge in [-0.3, -0.25) is 9.59 Å². The van der Waals surface area contributed by atoms with Crippen LogP contribution in [0.5, 0.6) is 0 Å². The number of carbonyl (C=O) groups excluding carboxylic acids is 2. The number of amides is 2. The molecule has 180 valence electrons. The quantitative estimate of drug-likeness (QED) is 0.327. The molecule has 8 heteroatoms. The van der Waals surface area contributed by atoms with Gasteiger partial charge in [-0.1, -0.05) is 77.8 Å². The molecule has 35 heavy (non-hydrogen) atoms. The molecule has 6 nitrogen and oxygen atoms in total. The number of aryl methyl sites for hydroxylation is 1. The summed E-state index contributed by atoms with van der Waals surface area (Å²) in [5.74, 6) is -2.83. The van der Waals surface area contributed by atoms with Crippen LogP contribution >= 0.6 is 23.2 Å². The fourth-order valence-electron chi connectivity index (χ4n) is 4.34. The standard InChI is InChI=1S/C27H24Cl2N2O4/c28-21-12-18(16-6-2-1-3-7-16)13-22(29)25(21)24(32)14-19(26(33)34)15-30-27(35)31-23-11-10-17-8-4-5-9-20(17)23/h1-9,12-13,19,23H,10-11,14-15H2,(H,33,34)(H2,30,31,35). The number of aliphatic carboxylic acids is 1. The summed E-state index contributed by atoms with van der Waals surface area (Å²) >= 11 is 12.7. The highest BCUT2D eigenvalue weighted by Gasteiger charge is 2.27. The van der Waals surface area contributed by atoms with Crippen LogP contribution in [0.2, 0.25) is 10.0 Å². The van der Waals surface area contributed by atoms with Gasteiger partial charge in [-0.2, -0.15) is 0 Å². The van der Waals surface area contributed by atoms with E-state index < -0.39 is 23.7 Å². The lowest BCUT2D eigenvalue weighted by atomic mass is 9.96. The molecule has 1 aliphatic rings. The van der Waals surface area contributed by atoms with Gasteiger partial charge >= 0.3 is 12.0 Å². The maximum absolute atomic E-state index is 12.9. The topological polar surface area (TPSA) is 95.5 Å². The second-order valence-electron chi connectivity index (χ2n) is 8.49. The number of fused-ring (bicyclic) bond motifs is 1. The van der Waals surface area contributed by atoms with E-state index in [0.29, 0.717) is 0 Å². The third-order valence-corrected chi connectivity index (χ3v) is 6.75. The van der Waals surface area contributed by atoms with E-state index in [0.717, 1.165) is 29.5 Å². The van der Waals surface area contributed by atoms with E-state index in [2.05, 4.69) is 10.6 Å². The lowest BCUT2D eigenvalue weighted by Crippen LogP contribution is -2.41. The van der Waals surface area contributed by atoms with Gasteiger partial charge in [0.2, 0.25) is 0 Å². The first kappa shape index (κ1) is 24.8.